The quantitative estimate of drug-likeness (QED) is 0.333. The molecule has 0 saturated heterocycles. The van der Waals surface area contributed by atoms with Crippen LogP contribution in [-0.4, -0.2) is 0 Å². The molecule has 0 spiro atoms. The van der Waals surface area contributed by atoms with Crippen LogP contribution in [0.15, 0.2) is 0 Å². The van der Waals surface area contributed by atoms with Crippen LogP contribution in [-0.2, 0) is 16.8 Å². The van der Waals surface area contributed by atoms with Gasteiger partial charge in [0.2, 0.25) is 0 Å². The van der Waals surface area contributed by atoms with E-state index in [0.717, 1.165) is 0 Å². The van der Waals surface area contributed by atoms with Crippen molar-refractivity contribution in [2.75, 3.05) is 0 Å². The Labute approximate surface area is 73.0 Å². The zero-order valence-electron chi connectivity index (χ0n) is 2.47. The molecule has 0 unspecified atom stereocenters. The zero-order valence-corrected chi connectivity index (χ0v) is 9.98. The van der Waals surface area contributed by atoms with Gasteiger partial charge in [-0.3, -0.25) is 0 Å². The summed E-state index contributed by atoms with van der Waals surface area (Å²) >= 11 is 5.30. The summed E-state index contributed by atoms with van der Waals surface area (Å²) < 4.78 is 0. The molecule has 0 amide bonds. The summed E-state index contributed by atoms with van der Waals surface area (Å²) in [4.78, 5) is 0. The summed E-state index contributed by atoms with van der Waals surface area (Å²) in [5.41, 5.74) is 0. The van der Waals surface area contributed by atoms with Crippen molar-refractivity contribution in [1.82, 2.24) is 0 Å². The Morgan fingerprint density at radius 3 is 1.20 bits per heavy atom. The van der Waals surface area contributed by atoms with E-state index in [9.17, 15) is 0 Å². The van der Waals surface area contributed by atoms with Crippen molar-refractivity contribution in [3.8, 4) is 0 Å². The van der Waals surface area contributed by atoms with E-state index in [2.05, 4.69) is 37.2 Å². The minimum Gasteiger partial charge on any atom is -0.358 e. The second-order valence-corrected chi connectivity index (χ2v) is 16.3. The Balaban J connectivity index is -0.0000000200. The molecule has 0 saturated carbocycles. The predicted octanol–water partition coefficient (Wildman–Crippen LogP) is -0.777. The second kappa shape index (κ2) is 15.9. The molecule has 0 aromatic rings. The van der Waals surface area contributed by atoms with Crippen molar-refractivity contribution in [2.45, 2.75) is 0 Å². The van der Waals surface area contributed by atoms with Crippen LogP contribution in [0.1, 0.15) is 0 Å². The van der Waals surface area contributed by atoms with E-state index >= 15 is 0 Å². The van der Waals surface area contributed by atoms with Crippen molar-refractivity contribution in [1.29, 1.82) is 0 Å². The molecular formula is CH3CoI3-2. The van der Waals surface area contributed by atoms with Crippen molar-refractivity contribution in [3.05, 3.63) is 7.43 Å². The number of hydrogen-bond donors (Lipinski definition) is 0. The maximum Gasteiger partial charge on any atom is 0 e. The average molecular weight is 455 g/mol. The fourth-order valence-electron chi connectivity index (χ4n) is 0. The molecule has 0 fully saturated rings. The maximum absolute atomic E-state index is 2.39. The molecule has 1 radical (unpaired) electrons. The molecule has 0 rings (SSSR count). The van der Waals surface area contributed by atoms with Crippen LogP contribution < -0.4 is 13.3 Å². The Bertz CT molecular complexity index is 6.85. The fourth-order valence-corrected chi connectivity index (χ4v) is 0. The van der Waals surface area contributed by atoms with E-state index in [0.29, 0.717) is 13.3 Å². The molecular weight excluding hydrogens is 452 g/mol. The van der Waals surface area contributed by atoms with Crippen LogP contribution in [0.2, 0.25) is 0 Å². The molecule has 5 heavy (non-hydrogen) atoms. The molecule has 39 valence electrons. The van der Waals surface area contributed by atoms with Gasteiger partial charge in [0.25, 0.3) is 0 Å². The first kappa shape index (κ1) is 15.6. The Morgan fingerprint density at radius 1 is 1.20 bits per heavy atom. The summed E-state index contributed by atoms with van der Waals surface area (Å²) in [5.74, 6) is 0. The molecule has 0 aromatic heterocycles. The smallest absolute Gasteiger partial charge is 0 e. The van der Waals surface area contributed by atoms with Gasteiger partial charge in [0.15, 0.2) is 0 Å². The topological polar surface area (TPSA) is 0 Å². The molecule has 0 nitrogen and oxygen atoms in total. The molecule has 0 aliphatic heterocycles. The third-order valence-electron chi connectivity index (χ3n) is 0. The molecule has 0 bridgehead atoms. The number of halogens is 3. The summed E-state index contributed by atoms with van der Waals surface area (Å²) in [6, 6.07) is 0. The van der Waals surface area contributed by atoms with Crippen LogP contribution in [0, 0.1) is 7.43 Å². The molecule has 0 aliphatic rings. The van der Waals surface area contributed by atoms with Gasteiger partial charge in [-0.15, -0.1) is 0 Å². The van der Waals surface area contributed by atoms with Crippen LogP contribution in [0.25, 0.3) is 0 Å². The van der Waals surface area contributed by atoms with Gasteiger partial charge in [-0.2, -0.15) is 0 Å². The standard InChI is InChI=1S/CH3.Co.I3/c;;1-3-2/h1H3;;/q-1;;-1. The monoisotopic (exact) mass is 455 g/mol. The molecule has 0 aromatic carbocycles. The van der Waals surface area contributed by atoms with E-state index in [-0.39, 0.29) is 24.2 Å². The summed E-state index contributed by atoms with van der Waals surface area (Å²) in [5, 5.41) is 0. The predicted molar refractivity (Wildman–Crippen MR) is 34.5 cm³/mol. The van der Waals surface area contributed by atoms with Crippen molar-refractivity contribution in [2.24, 2.45) is 0 Å². The Morgan fingerprint density at radius 2 is 1.20 bits per heavy atom. The van der Waals surface area contributed by atoms with E-state index < -0.39 is 0 Å². The molecule has 4 heteroatoms. The largest absolute Gasteiger partial charge is 0.358 e. The van der Waals surface area contributed by atoms with Gasteiger partial charge < -0.3 is 7.43 Å². The second-order valence-electron chi connectivity index (χ2n) is 0.0540. The normalized spacial score (nSPS) is 4.40. The van der Waals surface area contributed by atoms with E-state index in [1.807, 2.05) is 0 Å². The molecule has 0 atom stereocenters. The van der Waals surface area contributed by atoms with E-state index in [1.54, 1.807) is 0 Å². The van der Waals surface area contributed by atoms with E-state index in [4.69, 9.17) is 0 Å². The summed E-state index contributed by atoms with van der Waals surface area (Å²) in [6.07, 6.45) is 0. The van der Waals surface area contributed by atoms with Crippen LogP contribution in [0.5, 0.6) is 0 Å². The number of rotatable bonds is 0. The first-order valence-corrected chi connectivity index (χ1v) is 12.9. The fraction of sp³-hybridized carbons (Fsp3) is 0. The van der Waals surface area contributed by atoms with Gasteiger partial charge >= 0.3 is 50.5 Å². The number of hydrogen-bond acceptors (Lipinski definition) is 0. The van der Waals surface area contributed by atoms with Crippen molar-refractivity contribution < 1.29 is 30.0 Å². The van der Waals surface area contributed by atoms with Gasteiger partial charge in [-0.05, 0) is 0 Å². The van der Waals surface area contributed by atoms with Crippen molar-refractivity contribution in [3.63, 3.8) is 0 Å². The third-order valence-corrected chi connectivity index (χ3v) is 0. The average Bonchev–Trinajstić information content (AvgIpc) is 0.918. The van der Waals surface area contributed by atoms with Gasteiger partial charge in [-0.25, -0.2) is 0 Å². The maximum atomic E-state index is 2.39. The Kier molecular flexibility index (Phi) is 49.8. The van der Waals surface area contributed by atoms with Gasteiger partial charge in [0.05, 0.1) is 0 Å². The molecule has 0 aliphatic carbocycles. The third kappa shape index (κ3) is 20.3. The Hall–Kier alpha value is 2.70. The van der Waals surface area contributed by atoms with E-state index in [1.165, 1.54) is 0 Å². The first-order valence-electron chi connectivity index (χ1n) is 0.286. The van der Waals surface area contributed by atoms with Gasteiger partial charge in [0.1, 0.15) is 0 Å². The van der Waals surface area contributed by atoms with Gasteiger partial charge in [-0.1, -0.05) is 0 Å². The van der Waals surface area contributed by atoms with Crippen LogP contribution in [0.3, 0.4) is 0 Å². The minimum absolute atomic E-state index is 0. The van der Waals surface area contributed by atoms with Crippen molar-refractivity contribution >= 4 is 37.2 Å². The van der Waals surface area contributed by atoms with Crippen LogP contribution >= 0.6 is 37.2 Å². The molecule has 0 N–H and O–H groups in total. The van der Waals surface area contributed by atoms with Gasteiger partial charge in [0, 0.05) is 16.8 Å². The SMILES string of the molecule is I[I-]I.[CH3-].[Co]. The summed E-state index contributed by atoms with van der Waals surface area (Å²) in [6.45, 7) is 0. The first-order chi connectivity index (χ1) is 1.41. The summed E-state index contributed by atoms with van der Waals surface area (Å²) in [7, 11) is 0. The minimum atomic E-state index is 0. The zero-order chi connectivity index (χ0) is 2.71. The van der Waals surface area contributed by atoms with Crippen LogP contribution in [0.4, 0.5) is 0 Å². The molecule has 0 heterocycles.